The van der Waals surface area contributed by atoms with Gasteiger partial charge in [-0.2, -0.15) is 0 Å². The van der Waals surface area contributed by atoms with Crippen LogP contribution >= 0.6 is 11.6 Å². The number of ether oxygens (including phenoxy) is 2. The van der Waals surface area contributed by atoms with Gasteiger partial charge in [0.15, 0.2) is 11.5 Å². The van der Waals surface area contributed by atoms with Gasteiger partial charge in [0, 0.05) is 30.0 Å². The Morgan fingerprint density at radius 1 is 1.24 bits per heavy atom. The Hall–Kier alpha value is -0.930. The van der Waals surface area contributed by atoms with Crippen LogP contribution in [0.25, 0.3) is 0 Å². The summed E-state index contributed by atoms with van der Waals surface area (Å²) in [6, 6.07) is 3.63. The van der Waals surface area contributed by atoms with E-state index in [2.05, 4.69) is 0 Å². The third kappa shape index (κ3) is 1.78. The van der Waals surface area contributed by atoms with Crippen molar-refractivity contribution in [3.63, 3.8) is 0 Å². The van der Waals surface area contributed by atoms with Gasteiger partial charge in [0.1, 0.15) is 0 Å². The van der Waals surface area contributed by atoms with Crippen molar-refractivity contribution in [3.8, 4) is 11.5 Å². The minimum Gasteiger partial charge on any atom is -0.448 e. The highest BCUT2D eigenvalue weighted by Crippen LogP contribution is 2.48. The van der Waals surface area contributed by atoms with Crippen LogP contribution in [-0.2, 0) is 0 Å². The summed E-state index contributed by atoms with van der Waals surface area (Å²) in [5.74, 6) is 1.10. The zero-order chi connectivity index (χ0) is 12.0. The first-order chi connectivity index (χ1) is 8.10. The fourth-order valence-electron chi connectivity index (χ4n) is 2.60. The van der Waals surface area contributed by atoms with Gasteiger partial charge in [0.2, 0.25) is 0 Å². The maximum absolute atomic E-state index is 6.18. The summed E-state index contributed by atoms with van der Waals surface area (Å²) in [5, 5.41) is 0.650. The molecule has 92 valence electrons. The molecular formula is C13H16ClNO2. The van der Waals surface area contributed by atoms with Crippen LogP contribution in [0.5, 0.6) is 11.5 Å². The van der Waals surface area contributed by atoms with E-state index in [1.807, 2.05) is 19.1 Å². The van der Waals surface area contributed by atoms with Crippen molar-refractivity contribution in [1.82, 2.24) is 0 Å². The van der Waals surface area contributed by atoms with E-state index in [4.69, 9.17) is 26.8 Å². The average molecular weight is 254 g/mol. The number of halogens is 1. The highest BCUT2D eigenvalue weighted by molar-refractivity contribution is 6.31. The third-order valence-electron chi connectivity index (χ3n) is 3.51. The van der Waals surface area contributed by atoms with Gasteiger partial charge in [-0.25, -0.2) is 0 Å². The quantitative estimate of drug-likeness (QED) is 0.834. The van der Waals surface area contributed by atoms with Crippen LogP contribution in [-0.4, -0.2) is 5.79 Å². The van der Waals surface area contributed by atoms with Crippen LogP contribution < -0.4 is 15.2 Å². The number of fused-ring (bicyclic) bond motifs is 1. The van der Waals surface area contributed by atoms with Crippen molar-refractivity contribution in [1.29, 1.82) is 0 Å². The fraction of sp³-hybridized carbons (Fsp3) is 0.538. The van der Waals surface area contributed by atoms with E-state index in [1.54, 1.807) is 0 Å². The Kier molecular flexibility index (Phi) is 2.49. The summed E-state index contributed by atoms with van der Waals surface area (Å²) in [6.07, 6.45) is 4.21. The molecule has 1 atom stereocenters. The number of rotatable bonds is 1. The highest BCUT2D eigenvalue weighted by Gasteiger charge is 2.44. The smallest absolute Gasteiger partial charge is 0.251 e. The first kappa shape index (κ1) is 11.2. The minimum absolute atomic E-state index is 0.100. The lowest BCUT2D eigenvalue weighted by atomic mass is 10.1. The summed E-state index contributed by atoms with van der Waals surface area (Å²) in [4.78, 5) is 0. The molecule has 1 spiro atoms. The summed E-state index contributed by atoms with van der Waals surface area (Å²) >= 11 is 6.18. The lowest BCUT2D eigenvalue weighted by molar-refractivity contribution is -0.0716. The Labute approximate surface area is 106 Å². The molecule has 1 aliphatic carbocycles. The number of nitrogens with two attached hydrogens (primary N) is 1. The molecule has 3 nitrogen and oxygen atoms in total. The van der Waals surface area contributed by atoms with E-state index >= 15 is 0 Å². The van der Waals surface area contributed by atoms with E-state index < -0.39 is 5.79 Å². The molecule has 0 amide bonds. The third-order valence-corrected chi connectivity index (χ3v) is 3.84. The van der Waals surface area contributed by atoms with Gasteiger partial charge in [-0.1, -0.05) is 11.6 Å². The summed E-state index contributed by atoms with van der Waals surface area (Å²) in [6.45, 7) is 1.91. The monoisotopic (exact) mass is 253 g/mol. The van der Waals surface area contributed by atoms with Crippen molar-refractivity contribution in [2.45, 2.75) is 44.4 Å². The van der Waals surface area contributed by atoms with Crippen molar-refractivity contribution in [2.24, 2.45) is 5.73 Å². The molecule has 1 aliphatic heterocycles. The number of benzene rings is 1. The molecule has 0 radical (unpaired) electrons. The first-order valence-corrected chi connectivity index (χ1v) is 6.44. The summed E-state index contributed by atoms with van der Waals surface area (Å²) in [5.41, 5.74) is 6.78. The lowest BCUT2D eigenvalue weighted by Crippen LogP contribution is -2.34. The van der Waals surface area contributed by atoms with Crippen LogP contribution in [0.1, 0.15) is 44.2 Å². The molecule has 2 N–H and O–H groups in total. The van der Waals surface area contributed by atoms with Gasteiger partial charge in [0.05, 0.1) is 0 Å². The number of hydrogen-bond acceptors (Lipinski definition) is 3. The van der Waals surface area contributed by atoms with Crippen molar-refractivity contribution in [3.05, 3.63) is 22.7 Å². The predicted molar refractivity (Wildman–Crippen MR) is 66.5 cm³/mol. The Morgan fingerprint density at radius 3 is 2.41 bits per heavy atom. The standard InChI is InChI=1S/C13H16ClNO2/c1-8(15)9-6-11-12(7-10(9)14)17-13(16-11)4-2-3-5-13/h6-8H,2-5,15H2,1H3. The van der Waals surface area contributed by atoms with E-state index in [0.717, 1.165) is 42.7 Å². The molecule has 3 rings (SSSR count). The number of hydrogen-bond donors (Lipinski definition) is 1. The molecule has 1 aromatic rings. The Morgan fingerprint density at radius 2 is 1.82 bits per heavy atom. The molecule has 1 unspecified atom stereocenters. The average Bonchev–Trinajstić information content (AvgIpc) is 2.84. The van der Waals surface area contributed by atoms with Gasteiger partial charge >= 0.3 is 0 Å². The van der Waals surface area contributed by atoms with E-state index in [0.29, 0.717) is 5.02 Å². The molecule has 4 heteroatoms. The largest absolute Gasteiger partial charge is 0.448 e. The van der Waals surface area contributed by atoms with Gasteiger partial charge < -0.3 is 15.2 Å². The van der Waals surface area contributed by atoms with E-state index in [-0.39, 0.29) is 6.04 Å². The van der Waals surface area contributed by atoms with Crippen LogP contribution in [0.15, 0.2) is 12.1 Å². The molecule has 0 saturated heterocycles. The molecule has 0 bridgehead atoms. The molecule has 1 saturated carbocycles. The lowest BCUT2D eigenvalue weighted by Gasteiger charge is -2.21. The first-order valence-electron chi connectivity index (χ1n) is 6.07. The molecule has 17 heavy (non-hydrogen) atoms. The SMILES string of the molecule is CC(N)c1cc2c(cc1Cl)OC1(CCCC1)O2. The zero-order valence-electron chi connectivity index (χ0n) is 9.83. The maximum atomic E-state index is 6.18. The van der Waals surface area contributed by atoms with Gasteiger partial charge in [-0.3, -0.25) is 0 Å². The molecule has 1 aromatic carbocycles. The van der Waals surface area contributed by atoms with E-state index in [1.165, 1.54) is 0 Å². The zero-order valence-corrected chi connectivity index (χ0v) is 10.6. The summed E-state index contributed by atoms with van der Waals surface area (Å²) < 4.78 is 11.9. The molecular weight excluding hydrogens is 238 g/mol. The van der Waals surface area contributed by atoms with Gasteiger partial charge in [0.25, 0.3) is 5.79 Å². The Balaban J connectivity index is 1.97. The molecule has 0 aromatic heterocycles. The second kappa shape index (κ2) is 3.79. The van der Waals surface area contributed by atoms with Gasteiger partial charge in [-0.15, -0.1) is 0 Å². The maximum Gasteiger partial charge on any atom is 0.251 e. The van der Waals surface area contributed by atoms with Crippen molar-refractivity contribution in [2.75, 3.05) is 0 Å². The highest BCUT2D eigenvalue weighted by atomic mass is 35.5. The topological polar surface area (TPSA) is 44.5 Å². The minimum atomic E-state index is -0.428. The fourth-order valence-corrected chi connectivity index (χ4v) is 2.92. The van der Waals surface area contributed by atoms with Gasteiger partial charge in [-0.05, 0) is 31.4 Å². The van der Waals surface area contributed by atoms with Crippen LogP contribution in [0.2, 0.25) is 5.02 Å². The van der Waals surface area contributed by atoms with E-state index in [9.17, 15) is 0 Å². The van der Waals surface area contributed by atoms with Crippen molar-refractivity contribution >= 4 is 11.6 Å². The van der Waals surface area contributed by atoms with Crippen LogP contribution in [0, 0.1) is 0 Å². The van der Waals surface area contributed by atoms with Crippen molar-refractivity contribution < 1.29 is 9.47 Å². The summed E-state index contributed by atoms with van der Waals surface area (Å²) in [7, 11) is 0. The Bertz CT molecular complexity index is 453. The van der Waals surface area contributed by atoms with Crippen LogP contribution in [0.4, 0.5) is 0 Å². The van der Waals surface area contributed by atoms with Crippen LogP contribution in [0.3, 0.4) is 0 Å². The molecule has 1 heterocycles. The molecule has 1 fully saturated rings. The second-order valence-corrected chi connectivity index (χ2v) is 5.34. The normalized spacial score (nSPS) is 22.1. The predicted octanol–water partition coefficient (Wildman–Crippen LogP) is 3.40. The molecule has 2 aliphatic rings. The second-order valence-electron chi connectivity index (χ2n) is 4.93.